The molecule has 9 nitrogen and oxygen atoms in total. The first kappa shape index (κ1) is 17.6. The van der Waals surface area contributed by atoms with E-state index in [-0.39, 0.29) is 30.5 Å². The molecule has 0 aliphatic carbocycles. The Labute approximate surface area is 152 Å². The van der Waals surface area contributed by atoms with Crippen molar-refractivity contribution in [3.05, 3.63) is 58.4 Å². The van der Waals surface area contributed by atoms with Gasteiger partial charge in [0.2, 0.25) is 5.91 Å². The average molecular weight is 376 g/mol. The first-order chi connectivity index (χ1) is 12.5. The number of hydrogen-bond donors (Lipinski definition) is 2. The van der Waals surface area contributed by atoms with Crippen LogP contribution in [-0.2, 0) is 17.8 Å². The second-order valence-corrected chi connectivity index (χ2v) is 5.74. The van der Waals surface area contributed by atoms with Gasteiger partial charge >= 0.3 is 11.8 Å². The number of aromatic nitrogens is 3. The summed E-state index contributed by atoms with van der Waals surface area (Å²) in [6, 6.07) is 8.69. The van der Waals surface area contributed by atoms with Crippen LogP contribution in [0.2, 0.25) is 5.02 Å². The lowest BCUT2D eigenvalue weighted by atomic mass is 10.2. The van der Waals surface area contributed by atoms with E-state index in [9.17, 15) is 9.59 Å². The topological polar surface area (TPSA) is 123 Å². The van der Waals surface area contributed by atoms with Crippen LogP contribution in [0, 0.1) is 6.92 Å². The Morgan fingerprint density at radius 3 is 2.73 bits per heavy atom. The lowest BCUT2D eigenvalue weighted by molar-refractivity contribution is -0.115. The minimum Gasteiger partial charge on any atom is -0.360 e. The third-order valence-corrected chi connectivity index (χ3v) is 3.64. The smallest absolute Gasteiger partial charge is 0.315 e. The standard InChI is InChI=1S/C16H14ClN5O4/c1-9-6-12(21-25-9)19-14(23)7-13-20-16(26-22-13)15(24)18-8-10-4-2-3-5-11(10)17/h2-6H,7-8H2,1H3,(H,18,24)(H,19,21,23). The summed E-state index contributed by atoms with van der Waals surface area (Å²) in [5.41, 5.74) is 0.754. The molecule has 1 aromatic carbocycles. The van der Waals surface area contributed by atoms with Gasteiger partial charge in [-0.2, -0.15) is 4.98 Å². The summed E-state index contributed by atoms with van der Waals surface area (Å²) in [7, 11) is 0. The number of rotatable bonds is 6. The molecule has 0 spiro atoms. The minimum absolute atomic E-state index is 0.0746. The zero-order valence-corrected chi connectivity index (χ0v) is 14.4. The summed E-state index contributed by atoms with van der Waals surface area (Å²) in [6.45, 7) is 1.91. The van der Waals surface area contributed by atoms with Crippen LogP contribution in [0.1, 0.15) is 27.8 Å². The summed E-state index contributed by atoms with van der Waals surface area (Å²) in [4.78, 5) is 27.8. The van der Waals surface area contributed by atoms with Gasteiger partial charge in [0.05, 0.1) is 6.42 Å². The molecule has 2 heterocycles. The van der Waals surface area contributed by atoms with Crippen molar-refractivity contribution < 1.29 is 18.6 Å². The monoisotopic (exact) mass is 375 g/mol. The Kier molecular flexibility index (Phi) is 5.28. The molecule has 10 heteroatoms. The minimum atomic E-state index is -0.559. The highest BCUT2D eigenvalue weighted by molar-refractivity contribution is 6.31. The maximum Gasteiger partial charge on any atom is 0.315 e. The Bertz CT molecular complexity index is 936. The highest BCUT2D eigenvalue weighted by Gasteiger charge is 2.17. The Morgan fingerprint density at radius 1 is 1.19 bits per heavy atom. The second-order valence-electron chi connectivity index (χ2n) is 5.34. The van der Waals surface area contributed by atoms with Crippen molar-refractivity contribution in [3.8, 4) is 0 Å². The average Bonchev–Trinajstić information content (AvgIpc) is 3.23. The first-order valence-electron chi connectivity index (χ1n) is 7.58. The van der Waals surface area contributed by atoms with E-state index in [1.807, 2.05) is 6.07 Å². The van der Waals surface area contributed by atoms with Gasteiger partial charge in [0, 0.05) is 17.6 Å². The van der Waals surface area contributed by atoms with Gasteiger partial charge in [-0.3, -0.25) is 9.59 Å². The van der Waals surface area contributed by atoms with Gasteiger partial charge in [-0.1, -0.05) is 40.1 Å². The molecular weight excluding hydrogens is 362 g/mol. The highest BCUT2D eigenvalue weighted by atomic mass is 35.5. The van der Waals surface area contributed by atoms with Gasteiger partial charge in [-0.05, 0) is 18.6 Å². The lowest BCUT2D eigenvalue weighted by Crippen LogP contribution is -2.23. The van der Waals surface area contributed by atoms with Crippen LogP contribution < -0.4 is 10.6 Å². The van der Waals surface area contributed by atoms with Gasteiger partial charge in [-0.15, -0.1) is 0 Å². The van der Waals surface area contributed by atoms with Crippen LogP contribution >= 0.6 is 11.6 Å². The van der Waals surface area contributed by atoms with Crippen LogP contribution in [0.15, 0.2) is 39.4 Å². The number of nitrogens with zero attached hydrogens (tertiary/aromatic N) is 3. The van der Waals surface area contributed by atoms with Crippen molar-refractivity contribution in [1.82, 2.24) is 20.6 Å². The Hall–Kier alpha value is -3.20. The van der Waals surface area contributed by atoms with Crippen molar-refractivity contribution in [2.24, 2.45) is 0 Å². The number of aryl methyl sites for hydroxylation is 1. The van der Waals surface area contributed by atoms with Gasteiger partial charge < -0.3 is 19.7 Å². The fourth-order valence-corrected chi connectivity index (χ4v) is 2.27. The number of hydrogen-bond acceptors (Lipinski definition) is 7. The zero-order valence-electron chi connectivity index (χ0n) is 13.7. The number of halogens is 1. The van der Waals surface area contributed by atoms with Crippen molar-refractivity contribution in [2.75, 3.05) is 5.32 Å². The van der Waals surface area contributed by atoms with E-state index in [2.05, 4.69) is 25.9 Å². The largest absolute Gasteiger partial charge is 0.360 e. The number of carbonyl (C=O) groups is 2. The van der Waals surface area contributed by atoms with Crippen molar-refractivity contribution >= 4 is 29.2 Å². The SMILES string of the molecule is Cc1cc(NC(=O)Cc2noc(C(=O)NCc3ccccc3Cl)n2)no1. The fraction of sp³-hybridized carbons (Fsp3) is 0.188. The maximum atomic E-state index is 12.0. The summed E-state index contributed by atoms with van der Waals surface area (Å²) < 4.78 is 9.73. The van der Waals surface area contributed by atoms with E-state index in [1.165, 1.54) is 0 Å². The summed E-state index contributed by atoms with van der Waals surface area (Å²) in [5.74, 6) is -0.285. The van der Waals surface area contributed by atoms with E-state index < -0.39 is 11.8 Å². The molecule has 134 valence electrons. The number of nitrogens with one attached hydrogen (secondary N) is 2. The summed E-state index contributed by atoms with van der Waals surface area (Å²) in [5, 5.41) is 12.9. The Balaban J connectivity index is 1.54. The molecule has 3 aromatic rings. The maximum absolute atomic E-state index is 12.0. The van der Waals surface area contributed by atoms with Crippen molar-refractivity contribution in [1.29, 1.82) is 0 Å². The molecule has 2 amide bonds. The van der Waals surface area contributed by atoms with Gasteiger partial charge in [0.25, 0.3) is 0 Å². The fourth-order valence-electron chi connectivity index (χ4n) is 2.07. The van der Waals surface area contributed by atoms with Crippen LogP contribution in [0.25, 0.3) is 0 Å². The second kappa shape index (κ2) is 7.79. The van der Waals surface area contributed by atoms with Crippen LogP contribution in [0.4, 0.5) is 5.82 Å². The van der Waals surface area contributed by atoms with Gasteiger partial charge in [0.15, 0.2) is 11.6 Å². The quantitative estimate of drug-likeness (QED) is 0.676. The normalized spacial score (nSPS) is 10.5. The lowest BCUT2D eigenvalue weighted by Gasteiger charge is -2.04. The molecule has 0 unspecified atom stereocenters. The predicted molar refractivity (Wildman–Crippen MR) is 90.5 cm³/mol. The molecule has 0 saturated carbocycles. The molecule has 26 heavy (non-hydrogen) atoms. The highest BCUT2D eigenvalue weighted by Crippen LogP contribution is 2.14. The van der Waals surface area contributed by atoms with Gasteiger partial charge in [-0.25, -0.2) is 0 Å². The van der Waals surface area contributed by atoms with E-state index >= 15 is 0 Å². The molecule has 0 bridgehead atoms. The molecule has 0 atom stereocenters. The molecule has 0 fully saturated rings. The van der Waals surface area contributed by atoms with Crippen molar-refractivity contribution in [3.63, 3.8) is 0 Å². The van der Waals surface area contributed by atoms with Crippen molar-refractivity contribution in [2.45, 2.75) is 19.9 Å². The molecule has 0 saturated heterocycles. The molecule has 0 aliphatic rings. The Morgan fingerprint density at radius 2 is 2.00 bits per heavy atom. The summed E-state index contributed by atoms with van der Waals surface area (Å²) >= 11 is 6.02. The number of amides is 2. The third kappa shape index (κ3) is 4.45. The van der Waals surface area contributed by atoms with Crippen LogP contribution in [0.3, 0.4) is 0 Å². The third-order valence-electron chi connectivity index (χ3n) is 3.27. The zero-order chi connectivity index (χ0) is 18.5. The molecular formula is C16H14ClN5O4. The number of carbonyl (C=O) groups excluding carboxylic acids is 2. The molecule has 0 aliphatic heterocycles. The van der Waals surface area contributed by atoms with Gasteiger partial charge in [0.1, 0.15) is 5.76 Å². The predicted octanol–water partition coefficient (Wildman–Crippen LogP) is 2.13. The molecule has 3 rings (SSSR count). The molecule has 0 radical (unpaired) electrons. The van der Waals surface area contributed by atoms with E-state index in [0.717, 1.165) is 5.56 Å². The van der Waals surface area contributed by atoms with E-state index in [4.69, 9.17) is 20.6 Å². The first-order valence-corrected chi connectivity index (χ1v) is 7.96. The van der Waals surface area contributed by atoms with E-state index in [1.54, 1.807) is 31.2 Å². The number of benzene rings is 1. The van der Waals surface area contributed by atoms with E-state index in [0.29, 0.717) is 10.8 Å². The van der Waals surface area contributed by atoms with Crippen LogP contribution in [0.5, 0.6) is 0 Å². The van der Waals surface area contributed by atoms with Crippen LogP contribution in [-0.4, -0.2) is 27.1 Å². The number of anilines is 1. The molecule has 2 N–H and O–H groups in total. The summed E-state index contributed by atoms with van der Waals surface area (Å²) in [6.07, 6.45) is -0.173. The molecule has 2 aromatic heterocycles.